The summed E-state index contributed by atoms with van der Waals surface area (Å²) in [6, 6.07) is 15.6. The lowest BCUT2D eigenvalue weighted by Crippen LogP contribution is -2.48. The maximum absolute atomic E-state index is 13.3. The van der Waals surface area contributed by atoms with Gasteiger partial charge < -0.3 is 10.1 Å². The van der Waals surface area contributed by atoms with E-state index in [1.54, 1.807) is 12.1 Å². The molecular weight excluding hydrogens is 419 g/mol. The van der Waals surface area contributed by atoms with Crippen LogP contribution >= 0.6 is 0 Å². The zero-order chi connectivity index (χ0) is 22.3. The van der Waals surface area contributed by atoms with E-state index in [1.165, 1.54) is 5.56 Å². The van der Waals surface area contributed by atoms with E-state index < -0.39 is 12.0 Å². The van der Waals surface area contributed by atoms with Crippen LogP contribution in [0.5, 0.6) is 0 Å². The van der Waals surface area contributed by atoms with Gasteiger partial charge in [-0.3, -0.25) is 0 Å². The van der Waals surface area contributed by atoms with Gasteiger partial charge in [-0.2, -0.15) is 17.9 Å². The first-order valence-corrected chi connectivity index (χ1v) is 10.8. The number of ether oxygens (including phenoxy) is 1. The molecule has 9 heteroatoms. The van der Waals surface area contributed by atoms with E-state index in [1.807, 2.05) is 31.2 Å². The normalized spacial score (nSPS) is 26.0. The highest BCUT2D eigenvalue weighted by atomic mass is 19.4. The summed E-state index contributed by atoms with van der Waals surface area (Å²) < 4.78 is 47.1. The Hall–Kier alpha value is -2.78. The molecule has 3 aromatic rings. The molecule has 0 aliphatic carbocycles. The average Bonchev–Trinajstić information content (AvgIpc) is 3.43. The van der Waals surface area contributed by atoms with Crippen LogP contribution in [0.25, 0.3) is 5.69 Å². The Morgan fingerprint density at radius 2 is 1.97 bits per heavy atom. The van der Waals surface area contributed by atoms with Crippen molar-refractivity contribution in [3.63, 3.8) is 0 Å². The third-order valence-electron chi connectivity index (χ3n) is 6.62. The number of hydrogen-bond donors (Lipinski definition) is 1. The molecule has 1 N–H and O–H groups in total. The van der Waals surface area contributed by atoms with Gasteiger partial charge >= 0.3 is 6.18 Å². The largest absolute Gasteiger partial charge is 0.453 e. The van der Waals surface area contributed by atoms with Crippen molar-refractivity contribution in [1.82, 2.24) is 25.5 Å². The van der Waals surface area contributed by atoms with Gasteiger partial charge in [0.2, 0.25) is 0 Å². The monoisotopic (exact) mass is 443 g/mol. The zero-order valence-corrected chi connectivity index (χ0v) is 17.6. The molecule has 2 fully saturated rings. The SMILES string of the molecule is Cc1ccc(-n2nnnc2C(F)(F)F)cc1[C@H]1CO[C@]2(CCCN[C@H]2c2ccccc2)C1. The molecule has 2 aliphatic rings. The minimum atomic E-state index is -4.63. The van der Waals surface area contributed by atoms with Crippen LogP contribution in [0.2, 0.25) is 0 Å². The molecule has 0 amide bonds. The van der Waals surface area contributed by atoms with Gasteiger partial charge in [-0.25, -0.2) is 0 Å². The number of aromatic nitrogens is 4. The Kier molecular flexibility index (Phi) is 5.25. The lowest BCUT2D eigenvalue weighted by atomic mass is 9.76. The van der Waals surface area contributed by atoms with Crippen molar-refractivity contribution in [2.45, 2.75) is 49.9 Å². The van der Waals surface area contributed by atoms with E-state index in [0.29, 0.717) is 12.3 Å². The molecule has 2 saturated heterocycles. The van der Waals surface area contributed by atoms with Crippen LogP contribution < -0.4 is 5.32 Å². The van der Waals surface area contributed by atoms with Gasteiger partial charge in [0.25, 0.3) is 5.82 Å². The van der Waals surface area contributed by atoms with Crippen molar-refractivity contribution in [2.24, 2.45) is 0 Å². The number of halogens is 3. The Balaban J connectivity index is 1.47. The summed E-state index contributed by atoms with van der Waals surface area (Å²) in [7, 11) is 0. The first-order chi connectivity index (χ1) is 15.4. The lowest BCUT2D eigenvalue weighted by Gasteiger charge is -2.41. The van der Waals surface area contributed by atoms with Crippen LogP contribution in [0.3, 0.4) is 0 Å². The summed E-state index contributed by atoms with van der Waals surface area (Å²) in [5, 5.41) is 13.6. The van der Waals surface area contributed by atoms with Crippen molar-refractivity contribution in [3.8, 4) is 5.69 Å². The summed E-state index contributed by atoms with van der Waals surface area (Å²) >= 11 is 0. The number of nitrogens with zero attached hydrogens (tertiary/aromatic N) is 4. The fourth-order valence-corrected chi connectivity index (χ4v) is 5.15. The first-order valence-electron chi connectivity index (χ1n) is 10.8. The van der Waals surface area contributed by atoms with Crippen molar-refractivity contribution in [3.05, 3.63) is 71.0 Å². The molecule has 3 heterocycles. The van der Waals surface area contributed by atoms with E-state index in [4.69, 9.17) is 4.74 Å². The molecule has 1 aromatic heterocycles. The topological polar surface area (TPSA) is 64.9 Å². The maximum atomic E-state index is 13.3. The smallest absolute Gasteiger partial charge is 0.372 e. The summed E-state index contributed by atoms with van der Waals surface area (Å²) in [6.45, 7) is 3.43. The molecule has 2 aliphatic heterocycles. The average molecular weight is 443 g/mol. The lowest BCUT2D eigenvalue weighted by molar-refractivity contribution is -0.146. The fourth-order valence-electron chi connectivity index (χ4n) is 5.15. The van der Waals surface area contributed by atoms with Gasteiger partial charge in [-0.1, -0.05) is 36.4 Å². The van der Waals surface area contributed by atoms with E-state index in [-0.39, 0.29) is 17.6 Å². The molecule has 32 heavy (non-hydrogen) atoms. The highest BCUT2D eigenvalue weighted by Crippen LogP contribution is 2.48. The Morgan fingerprint density at radius 1 is 1.16 bits per heavy atom. The third-order valence-corrected chi connectivity index (χ3v) is 6.62. The summed E-state index contributed by atoms with van der Waals surface area (Å²) in [5.74, 6) is -1.06. The van der Waals surface area contributed by atoms with Gasteiger partial charge in [0.05, 0.1) is 23.9 Å². The molecular formula is C23H24F3N5O. The Morgan fingerprint density at radius 3 is 2.75 bits per heavy atom. The molecule has 0 bridgehead atoms. The summed E-state index contributed by atoms with van der Waals surface area (Å²) in [6.07, 6.45) is -1.87. The number of nitrogens with one attached hydrogen (secondary N) is 1. The van der Waals surface area contributed by atoms with Gasteiger partial charge in [-0.15, -0.1) is 5.10 Å². The zero-order valence-electron chi connectivity index (χ0n) is 17.6. The summed E-state index contributed by atoms with van der Waals surface area (Å²) in [4.78, 5) is 0. The van der Waals surface area contributed by atoms with E-state index in [2.05, 4.69) is 33.0 Å². The van der Waals surface area contributed by atoms with Crippen LogP contribution in [-0.4, -0.2) is 39.0 Å². The molecule has 6 nitrogen and oxygen atoms in total. The van der Waals surface area contributed by atoms with Gasteiger partial charge in [0, 0.05) is 5.92 Å². The second kappa shape index (κ2) is 7.97. The predicted octanol–water partition coefficient (Wildman–Crippen LogP) is 4.36. The molecule has 3 atom stereocenters. The number of aryl methyl sites for hydroxylation is 1. The quantitative estimate of drug-likeness (QED) is 0.652. The van der Waals surface area contributed by atoms with Gasteiger partial charge in [-0.05, 0) is 72.0 Å². The molecule has 168 valence electrons. The van der Waals surface area contributed by atoms with Crippen molar-refractivity contribution in [2.75, 3.05) is 13.2 Å². The third kappa shape index (κ3) is 3.69. The molecule has 0 unspecified atom stereocenters. The van der Waals surface area contributed by atoms with Crippen LogP contribution in [0, 0.1) is 6.92 Å². The Bertz CT molecular complexity index is 1100. The molecule has 1 spiro atoms. The maximum Gasteiger partial charge on any atom is 0.453 e. The highest BCUT2D eigenvalue weighted by Gasteiger charge is 2.49. The number of tetrazole rings is 1. The Labute approximate surface area is 183 Å². The molecule has 0 saturated carbocycles. The molecule has 5 rings (SSSR count). The number of hydrogen-bond acceptors (Lipinski definition) is 5. The second-order valence-electron chi connectivity index (χ2n) is 8.63. The number of rotatable bonds is 3. The van der Waals surface area contributed by atoms with E-state index in [0.717, 1.165) is 41.6 Å². The van der Waals surface area contributed by atoms with Crippen LogP contribution in [0.15, 0.2) is 48.5 Å². The van der Waals surface area contributed by atoms with E-state index >= 15 is 0 Å². The van der Waals surface area contributed by atoms with Crippen molar-refractivity contribution >= 4 is 0 Å². The minimum absolute atomic E-state index is 0.0758. The number of alkyl halides is 3. The first kappa shape index (κ1) is 21.1. The fraction of sp³-hybridized carbons (Fsp3) is 0.435. The van der Waals surface area contributed by atoms with Crippen LogP contribution in [0.1, 0.15) is 53.7 Å². The van der Waals surface area contributed by atoms with Crippen molar-refractivity contribution in [1.29, 1.82) is 0 Å². The number of piperidine rings is 1. The highest BCUT2D eigenvalue weighted by molar-refractivity contribution is 5.43. The number of benzene rings is 2. The van der Waals surface area contributed by atoms with Crippen molar-refractivity contribution < 1.29 is 17.9 Å². The van der Waals surface area contributed by atoms with Crippen LogP contribution in [-0.2, 0) is 10.9 Å². The second-order valence-corrected chi connectivity index (χ2v) is 8.63. The summed E-state index contributed by atoms with van der Waals surface area (Å²) in [5.41, 5.74) is 3.15. The van der Waals surface area contributed by atoms with Gasteiger partial charge in [0.1, 0.15) is 0 Å². The standard InChI is InChI=1S/C23H24F3N5O/c1-15-8-9-18(31-21(23(24,25)26)28-29-30-31)12-19(15)17-13-22(32-14-17)10-5-11-27-20(22)16-6-3-2-4-7-16/h2-4,6-9,12,17,20,27H,5,10-11,13-14H2,1H3/t17-,20+,22-/m1/s1. The van der Waals surface area contributed by atoms with E-state index in [9.17, 15) is 13.2 Å². The van der Waals surface area contributed by atoms with Gasteiger partial charge in [0.15, 0.2) is 0 Å². The molecule has 0 radical (unpaired) electrons. The minimum Gasteiger partial charge on any atom is -0.372 e. The molecule has 2 aromatic carbocycles. The predicted molar refractivity (Wildman–Crippen MR) is 111 cm³/mol. The van der Waals surface area contributed by atoms with Crippen LogP contribution in [0.4, 0.5) is 13.2 Å².